The van der Waals surface area contributed by atoms with Gasteiger partial charge in [0.15, 0.2) is 0 Å². The van der Waals surface area contributed by atoms with Crippen LogP contribution >= 0.6 is 26.0 Å². The number of phenols is 1. The minimum Gasteiger partial charge on any atom is -0.506 e. The molecule has 4 aromatic carbocycles. The van der Waals surface area contributed by atoms with Crippen LogP contribution in [0.2, 0.25) is 0 Å². The molecule has 1 nitrogen and oxygen atoms in total. The molecule has 0 aliphatic rings. The van der Waals surface area contributed by atoms with Gasteiger partial charge >= 0.3 is 0 Å². The van der Waals surface area contributed by atoms with Crippen LogP contribution in [0.3, 0.4) is 0 Å². The molecule has 0 bridgehead atoms. The fourth-order valence-corrected chi connectivity index (χ4v) is 8.52. The molecule has 0 saturated heterocycles. The zero-order chi connectivity index (χ0) is 22.8. The van der Waals surface area contributed by atoms with E-state index < -0.39 is 10.0 Å². The molecule has 32 heavy (non-hydrogen) atoms. The Labute approximate surface area is 201 Å². The van der Waals surface area contributed by atoms with Gasteiger partial charge in [-0.25, -0.2) is 0 Å². The summed E-state index contributed by atoms with van der Waals surface area (Å²) in [6, 6.07) is 36.3. The summed E-state index contributed by atoms with van der Waals surface area (Å²) in [7, 11) is -1.93. The van der Waals surface area contributed by atoms with Crippen molar-refractivity contribution in [3.8, 4) is 5.75 Å². The molecule has 0 aliphatic carbocycles. The van der Waals surface area contributed by atoms with E-state index >= 15 is 0 Å². The molecule has 0 aliphatic heterocycles. The van der Waals surface area contributed by atoms with Gasteiger partial charge in [0.25, 0.3) is 0 Å². The molecule has 0 radical (unpaired) electrons. The van der Waals surface area contributed by atoms with E-state index in [0.717, 1.165) is 10.5 Å². The van der Waals surface area contributed by atoms with Crippen molar-refractivity contribution in [3.05, 3.63) is 114 Å². The predicted octanol–water partition coefficient (Wildman–Crippen LogP) is 8.93. The summed E-state index contributed by atoms with van der Waals surface area (Å²) >= 11 is 3.63. The van der Waals surface area contributed by atoms with E-state index in [-0.39, 0.29) is 5.41 Å². The van der Waals surface area contributed by atoms with E-state index in [1.54, 1.807) is 0 Å². The highest BCUT2D eigenvalue weighted by atomic mass is 79.9. The third kappa shape index (κ3) is 4.00. The maximum Gasteiger partial charge on any atom is 0.132 e. The Morgan fingerprint density at radius 1 is 0.688 bits per heavy atom. The van der Waals surface area contributed by atoms with Crippen molar-refractivity contribution in [1.82, 2.24) is 0 Å². The molecule has 1 N–H and O–H groups in total. The van der Waals surface area contributed by atoms with Crippen molar-refractivity contribution in [3.63, 3.8) is 0 Å². The zero-order valence-electron chi connectivity index (χ0n) is 18.8. The Hall–Kier alpha value is -2.49. The first-order valence-electron chi connectivity index (χ1n) is 10.8. The van der Waals surface area contributed by atoms with Gasteiger partial charge in [-0.1, -0.05) is 97.4 Å². The average Bonchev–Trinajstić information content (AvgIpc) is 2.82. The van der Waals surface area contributed by atoms with Crippen molar-refractivity contribution in [2.75, 3.05) is 0 Å². The fourth-order valence-electron chi connectivity index (χ4n) is 4.10. The number of hydrogen-bond acceptors (Lipinski definition) is 1. The summed E-state index contributed by atoms with van der Waals surface area (Å²) in [6.07, 6.45) is 0. The second-order valence-electron chi connectivity index (χ2n) is 8.92. The third-order valence-electron chi connectivity index (χ3n) is 5.78. The smallest absolute Gasteiger partial charge is 0.132 e. The summed E-state index contributed by atoms with van der Waals surface area (Å²) in [5.41, 5.74) is 2.10. The molecular formula is C29H29BrOS. The van der Waals surface area contributed by atoms with Crippen LogP contribution in [0.25, 0.3) is 0 Å². The lowest BCUT2D eigenvalue weighted by Crippen LogP contribution is -2.14. The molecule has 0 unspecified atom stereocenters. The monoisotopic (exact) mass is 504 g/mol. The van der Waals surface area contributed by atoms with Crippen LogP contribution in [-0.2, 0) is 10.7 Å². The summed E-state index contributed by atoms with van der Waals surface area (Å²) in [4.78, 5) is 4.61. The highest BCUT2D eigenvalue weighted by Gasteiger charge is 2.37. The molecule has 0 heterocycles. The first-order valence-corrected chi connectivity index (χ1v) is 13.6. The van der Waals surface area contributed by atoms with E-state index in [4.69, 9.17) is 0 Å². The summed E-state index contributed by atoms with van der Waals surface area (Å²) in [5.74, 6) is 0.376. The van der Waals surface area contributed by atoms with Crippen molar-refractivity contribution >= 4 is 26.0 Å². The number of aromatic hydroxyl groups is 1. The molecule has 0 aromatic heterocycles. The van der Waals surface area contributed by atoms with E-state index in [2.05, 4.69) is 140 Å². The number of hydrogen-bond donors (Lipinski definition) is 1. The van der Waals surface area contributed by atoms with Crippen LogP contribution < -0.4 is 0 Å². The van der Waals surface area contributed by atoms with Crippen molar-refractivity contribution in [2.45, 2.75) is 51.1 Å². The lowest BCUT2D eigenvalue weighted by molar-refractivity contribution is 0.455. The fraction of sp³-hybridized carbons (Fsp3) is 0.172. The van der Waals surface area contributed by atoms with Gasteiger partial charge in [0.2, 0.25) is 0 Å². The molecule has 3 heteroatoms. The lowest BCUT2D eigenvalue weighted by atomic mass is 9.86. The molecule has 0 saturated carbocycles. The van der Waals surface area contributed by atoms with Crippen molar-refractivity contribution < 1.29 is 5.11 Å². The van der Waals surface area contributed by atoms with E-state index in [1.807, 2.05) is 0 Å². The SMILES string of the molecule is CC(C)(C)c1cc(CBr)c(O)c(S(c2ccccc2)(c2ccccc2)c2ccccc2)c1. The Morgan fingerprint density at radius 2 is 1.09 bits per heavy atom. The highest BCUT2D eigenvalue weighted by Crippen LogP contribution is 2.75. The van der Waals surface area contributed by atoms with Gasteiger partial charge in [0, 0.05) is 30.5 Å². The van der Waals surface area contributed by atoms with Crippen LogP contribution in [-0.4, -0.2) is 5.11 Å². The minimum atomic E-state index is -1.93. The lowest BCUT2D eigenvalue weighted by Gasteiger charge is -2.43. The Balaban J connectivity index is 2.22. The van der Waals surface area contributed by atoms with E-state index in [0.29, 0.717) is 11.1 Å². The second-order valence-corrected chi connectivity index (χ2v) is 12.6. The average molecular weight is 506 g/mol. The van der Waals surface area contributed by atoms with Crippen molar-refractivity contribution in [1.29, 1.82) is 0 Å². The minimum absolute atomic E-state index is 0.0470. The van der Waals surface area contributed by atoms with Gasteiger partial charge in [-0.3, -0.25) is 0 Å². The molecule has 0 amide bonds. The number of benzene rings is 4. The number of halogens is 1. The molecule has 4 aromatic rings. The summed E-state index contributed by atoms with van der Waals surface area (Å²) in [5, 5.41) is 12.3. The molecule has 0 atom stereocenters. The van der Waals surface area contributed by atoms with Gasteiger partial charge in [-0.05, 0) is 53.4 Å². The zero-order valence-corrected chi connectivity index (χ0v) is 21.2. The number of phenolic OH excluding ortho intramolecular Hbond substituents is 1. The summed E-state index contributed by atoms with van der Waals surface area (Å²) < 4.78 is 0. The van der Waals surface area contributed by atoms with E-state index in [9.17, 15) is 5.11 Å². The standard InChI is InChI=1S/C29H29BrOS/c1-29(2,3)23-19-22(21-30)28(31)27(20-23)32(24-13-7-4-8-14-24,25-15-9-5-10-16-25)26-17-11-6-12-18-26/h4-20,31H,21H2,1-3H3. The van der Waals surface area contributed by atoms with Crippen LogP contribution in [0.4, 0.5) is 0 Å². The van der Waals surface area contributed by atoms with Gasteiger partial charge in [-0.15, -0.1) is 10.0 Å². The van der Waals surface area contributed by atoms with Gasteiger partial charge in [0.05, 0.1) is 0 Å². The maximum absolute atomic E-state index is 11.7. The Bertz CT molecular complexity index is 1090. The van der Waals surface area contributed by atoms with Gasteiger partial charge in [0.1, 0.15) is 5.75 Å². The number of rotatable bonds is 5. The molecule has 164 valence electrons. The van der Waals surface area contributed by atoms with Gasteiger partial charge < -0.3 is 5.11 Å². The predicted molar refractivity (Wildman–Crippen MR) is 139 cm³/mol. The van der Waals surface area contributed by atoms with Crippen molar-refractivity contribution in [2.24, 2.45) is 0 Å². The molecular weight excluding hydrogens is 476 g/mol. The summed E-state index contributed by atoms with van der Waals surface area (Å²) in [6.45, 7) is 6.68. The quantitative estimate of drug-likeness (QED) is 0.269. The Morgan fingerprint density at radius 3 is 1.44 bits per heavy atom. The van der Waals surface area contributed by atoms with Crippen LogP contribution in [0.1, 0.15) is 31.9 Å². The topological polar surface area (TPSA) is 20.2 Å². The first-order chi connectivity index (χ1) is 15.4. The van der Waals surface area contributed by atoms with Gasteiger partial charge in [-0.2, -0.15) is 0 Å². The highest BCUT2D eigenvalue weighted by molar-refractivity contribution is 9.08. The van der Waals surface area contributed by atoms with Crippen LogP contribution in [0, 0.1) is 0 Å². The normalized spacial score (nSPS) is 12.5. The van der Waals surface area contributed by atoms with Crippen LogP contribution in [0.15, 0.2) is 123 Å². The maximum atomic E-state index is 11.7. The molecule has 4 rings (SSSR count). The number of alkyl halides is 1. The first kappa shape index (κ1) is 22.7. The largest absolute Gasteiger partial charge is 0.506 e. The third-order valence-corrected chi connectivity index (χ3v) is 10.3. The van der Waals surface area contributed by atoms with Crippen LogP contribution in [0.5, 0.6) is 5.75 Å². The Kier molecular flexibility index (Phi) is 6.50. The second kappa shape index (κ2) is 9.17. The molecule has 0 spiro atoms. The molecule has 0 fully saturated rings. The van der Waals surface area contributed by atoms with E-state index in [1.165, 1.54) is 20.2 Å².